The Morgan fingerprint density at radius 3 is 2.58 bits per heavy atom. The predicted octanol–water partition coefficient (Wildman–Crippen LogP) is 0.680. The van der Waals surface area contributed by atoms with Crippen LogP contribution in [0.1, 0.15) is 26.2 Å². The van der Waals surface area contributed by atoms with E-state index in [4.69, 9.17) is 9.47 Å². The van der Waals surface area contributed by atoms with Gasteiger partial charge in [0.2, 0.25) is 11.8 Å². The molecular weight excluding hydrogens is 482 g/mol. The molecule has 1 N–H and O–H groups in total. The van der Waals surface area contributed by atoms with Crippen molar-refractivity contribution in [2.45, 2.75) is 41.7 Å². The number of esters is 1. The zero-order valence-electron chi connectivity index (χ0n) is 21.0. The predicted molar refractivity (Wildman–Crippen MR) is 135 cm³/mol. The second-order valence-electron chi connectivity index (χ2n) is 10.5. The molecular formula is C26H37N3O6S. The van der Waals surface area contributed by atoms with Gasteiger partial charge in [-0.25, -0.2) is 0 Å². The minimum Gasteiger partial charge on any atom is -0.465 e. The number of amides is 2. The van der Waals surface area contributed by atoms with Gasteiger partial charge in [-0.2, -0.15) is 0 Å². The number of aliphatic hydroxyl groups excluding tert-OH is 1. The van der Waals surface area contributed by atoms with Crippen molar-refractivity contribution in [1.82, 2.24) is 14.7 Å². The lowest BCUT2D eigenvalue weighted by atomic mass is 9.74. The Morgan fingerprint density at radius 2 is 1.81 bits per heavy atom. The van der Waals surface area contributed by atoms with Crippen molar-refractivity contribution in [2.24, 2.45) is 11.8 Å². The van der Waals surface area contributed by atoms with E-state index in [1.54, 1.807) is 16.7 Å². The SMILES string of the molecule is C[C@]12C=CCCOC(=O)[C@H]1[C@H]1C(=O)N(CCCCO)C3C(=O)N(CCN4CCOCC4)CC=C[C@@]31S2. The van der Waals surface area contributed by atoms with Crippen molar-refractivity contribution in [1.29, 1.82) is 0 Å². The average Bonchev–Trinajstić information content (AvgIpc) is 3.18. The summed E-state index contributed by atoms with van der Waals surface area (Å²) in [6.45, 7) is 7.64. The molecule has 9 nitrogen and oxygen atoms in total. The second kappa shape index (κ2) is 10.5. The van der Waals surface area contributed by atoms with E-state index in [1.807, 2.05) is 30.1 Å². The standard InChI is InChI=1S/C26H37N3O6S/c1-25-7-2-5-16-35-24(33)20(25)19-22(31)29(10-3-4-15-30)21-23(32)28(9-6-8-26(19,21)36-25)12-11-27-13-17-34-18-14-27/h2,6-8,19-21,30H,3-5,9-18H2,1H3/t19-,20+,21?,25-,26-/m0/s1. The highest BCUT2D eigenvalue weighted by Crippen LogP contribution is 2.65. The summed E-state index contributed by atoms with van der Waals surface area (Å²) in [7, 11) is 0. The number of aliphatic hydroxyl groups is 1. The first kappa shape index (κ1) is 25.8. The van der Waals surface area contributed by atoms with Crippen molar-refractivity contribution in [3.05, 3.63) is 24.3 Å². The highest BCUT2D eigenvalue weighted by atomic mass is 32.2. The number of cyclic esters (lactones) is 1. The molecule has 1 unspecified atom stereocenters. The molecule has 5 aliphatic heterocycles. The summed E-state index contributed by atoms with van der Waals surface area (Å²) in [5.74, 6) is -1.89. The maximum atomic E-state index is 14.2. The summed E-state index contributed by atoms with van der Waals surface area (Å²) in [6, 6.07) is -0.687. The average molecular weight is 520 g/mol. The Balaban J connectivity index is 1.48. The van der Waals surface area contributed by atoms with E-state index in [0.29, 0.717) is 58.7 Å². The lowest BCUT2D eigenvalue weighted by Gasteiger charge is -2.37. The summed E-state index contributed by atoms with van der Waals surface area (Å²) in [6.07, 6.45) is 9.93. The van der Waals surface area contributed by atoms with Gasteiger partial charge in [0.05, 0.1) is 36.4 Å². The van der Waals surface area contributed by atoms with Crippen LogP contribution in [0.4, 0.5) is 0 Å². The minimum atomic E-state index is -0.839. The van der Waals surface area contributed by atoms with E-state index in [0.717, 1.165) is 19.6 Å². The molecule has 5 rings (SSSR count). The maximum Gasteiger partial charge on any atom is 0.311 e. The Morgan fingerprint density at radius 1 is 1.00 bits per heavy atom. The van der Waals surface area contributed by atoms with Crippen molar-refractivity contribution < 1.29 is 29.0 Å². The van der Waals surface area contributed by atoms with Gasteiger partial charge in [-0.3, -0.25) is 19.3 Å². The first-order valence-electron chi connectivity index (χ1n) is 13.1. The number of carbonyl (C=O) groups is 3. The van der Waals surface area contributed by atoms with E-state index in [9.17, 15) is 19.5 Å². The summed E-state index contributed by atoms with van der Waals surface area (Å²) in [5, 5.41) is 9.34. The number of carbonyl (C=O) groups excluding carboxylic acids is 3. The van der Waals surface area contributed by atoms with Crippen LogP contribution >= 0.6 is 11.8 Å². The van der Waals surface area contributed by atoms with Gasteiger partial charge in [-0.15, -0.1) is 11.8 Å². The second-order valence-corrected chi connectivity index (χ2v) is 12.2. The van der Waals surface area contributed by atoms with Crippen LogP contribution in [-0.2, 0) is 23.9 Å². The third kappa shape index (κ3) is 4.40. The maximum absolute atomic E-state index is 14.2. The fourth-order valence-corrected chi connectivity index (χ4v) is 8.61. The largest absolute Gasteiger partial charge is 0.465 e. The zero-order valence-corrected chi connectivity index (χ0v) is 21.8. The van der Waals surface area contributed by atoms with Gasteiger partial charge < -0.3 is 24.4 Å². The molecule has 36 heavy (non-hydrogen) atoms. The molecule has 0 aromatic heterocycles. The number of fused-ring (bicyclic) bond motifs is 2. The first-order chi connectivity index (χ1) is 17.4. The normalized spacial score (nSPS) is 36.7. The number of nitrogens with zero attached hydrogens (tertiary/aromatic N) is 3. The van der Waals surface area contributed by atoms with Crippen LogP contribution in [0.3, 0.4) is 0 Å². The minimum absolute atomic E-state index is 0.0351. The van der Waals surface area contributed by atoms with Crippen molar-refractivity contribution in [3.63, 3.8) is 0 Å². The van der Waals surface area contributed by atoms with Crippen LogP contribution in [0.15, 0.2) is 24.3 Å². The summed E-state index contributed by atoms with van der Waals surface area (Å²) in [5.41, 5.74) is 0. The highest BCUT2D eigenvalue weighted by Gasteiger charge is 2.73. The van der Waals surface area contributed by atoms with E-state index in [1.165, 1.54) is 0 Å². The molecule has 5 heterocycles. The number of ether oxygens (including phenoxy) is 2. The van der Waals surface area contributed by atoms with Crippen molar-refractivity contribution >= 4 is 29.5 Å². The van der Waals surface area contributed by atoms with E-state index in [-0.39, 0.29) is 24.4 Å². The van der Waals surface area contributed by atoms with Gasteiger partial charge in [0, 0.05) is 50.6 Å². The molecule has 0 saturated carbocycles. The molecule has 0 bridgehead atoms. The molecule has 0 aliphatic carbocycles. The number of rotatable bonds is 7. The van der Waals surface area contributed by atoms with Gasteiger partial charge >= 0.3 is 5.97 Å². The molecule has 0 radical (unpaired) electrons. The van der Waals surface area contributed by atoms with Crippen LogP contribution in [0.25, 0.3) is 0 Å². The lowest BCUT2D eigenvalue weighted by molar-refractivity contribution is -0.154. The Kier molecular flexibility index (Phi) is 7.49. The van der Waals surface area contributed by atoms with E-state index in [2.05, 4.69) is 11.0 Å². The van der Waals surface area contributed by atoms with Crippen LogP contribution in [0, 0.1) is 11.8 Å². The van der Waals surface area contributed by atoms with Crippen molar-refractivity contribution in [3.8, 4) is 0 Å². The van der Waals surface area contributed by atoms with Crippen LogP contribution < -0.4 is 0 Å². The van der Waals surface area contributed by atoms with Gasteiger partial charge in [0.1, 0.15) is 6.04 Å². The molecule has 0 aromatic carbocycles. The molecule has 5 aliphatic rings. The van der Waals surface area contributed by atoms with Crippen LogP contribution in [-0.4, -0.2) is 119 Å². The quantitative estimate of drug-likeness (QED) is 0.298. The Bertz CT molecular complexity index is 937. The smallest absolute Gasteiger partial charge is 0.311 e. The zero-order chi connectivity index (χ0) is 25.3. The molecule has 2 amide bonds. The number of likely N-dealkylation sites (tertiary alicyclic amines) is 1. The van der Waals surface area contributed by atoms with Gasteiger partial charge in [0.15, 0.2) is 0 Å². The Hall–Kier alpha value is -1.88. The number of thioether (sulfide) groups is 1. The third-order valence-electron chi connectivity index (χ3n) is 8.20. The summed E-state index contributed by atoms with van der Waals surface area (Å²) < 4.78 is 9.54. The van der Waals surface area contributed by atoms with Gasteiger partial charge in [0.25, 0.3) is 0 Å². The summed E-state index contributed by atoms with van der Waals surface area (Å²) in [4.78, 5) is 47.4. The van der Waals surface area contributed by atoms with E-state index >= 15 is 0 Å². The summed E-state index contributed by atoms with van der Waals surface area (Å²) >= 11 is 1.58. The Labute approximate surface area is 216 Å². The highest BCUT2D eigenvalue weighted by molar-refractivity contribution is 8.02. The molecule has 3 saturated heterocycles. The topological polar surface area (TPSA) is 99.6 Å². The number of unbranched alkanes of at least 4 members (excludes halogenated alkanes) is 1. The molecule has 3 fully saturated rings. The molecule has 5 atom stereocenters. The fourth-order valence-electron chi connectivity index (χ4n) is 6.46. The monoisotopic (exact) mass is 519 g/mol. The lowest BCUT2D eigenvalue weighted by Crippen LogP contribution is -2.54. The van der Waals surface area contributed by atoms with Crippen LogP contribution in [0.5, 0.6) is 0 Å². The number of hydrogen-bond donors (Lipinski definition) is 1. The molecule has 198 valence electrons. The third-order valence-corrected chi connectivity index (χ3v) is 10.00. The number of hydrogen-bond acceptors (Lipinski definition) is 8. The van der Waals surface area contributed by atoms with Gasteiger partial charge in [-0.1, -0.05) is 24.3 Å². The molecule has 1 spiro atoms. The number of morpholine rings is 1. The van der Waals surface area contributed by atoms with Crippen molar-refractivity contribution in [2.75, 3.05) is 65.7 Å². The van der Waals surface area contributed by atoms with E-state index < -0.39 is 27.4 Å². The first-order valence-corrected chi connectivity index (χ1v) is 14.0. The molecule has 0 aromatic rings. The van der Waals surface area contributed by atoms with Gasteiger partial charge in [-0.05, 0) is 26.2 Å². The van der Waals surface area contributed by atoms with Crippen LogP contribution in [0.2, 0.25) is 0 Å². The fraction of sp³-hybridized carbons (Fsp3) is 0.731. The molecule has 10 heteroatoms.